The highest BCUT2D eigenvalue weighted by atomic mass is 31.2. The van der Waals surface area contributed by atoms with Crippen LogP contribution in [0.25, 0.3) is 0 Å². The molecule has 3 rings (SSSR count). The summed E-state index contributed by atoms with van der Waals surface area (Å²) in [7, 11) is 4.28. The van der Waals surface area contributed by atoms with Gasteiger partial charge in [0.1, 0.15) is 18.1 Å². The second kappa shape index (κ2) is 11.7. The molecule has 204 valence electrons. The average Bonchev–Trinajstić information content (AvgIpc) is 2.74. The summed E-state index contributed by atoms with van der Waals surface area (Å²) in [4.78, 5) is 12.8. The highest BCUT2D eigenvalue weighted by Gasteiger charge is 2.50. The molecule has 0 saturated carbocycles. The molecule has 1 aromatic carbocycles. The van der Waals surface area contributed by atoms with E-state index in [1.54, 1.807) is 0 Å². The van der Waals surface area contributed by atoms with E-state index in [2.05, 4.69) is 6.08 Å². The minimum absolute atomic E-state index is 0.258. The Bertz CT molecular complexity index is 1130. The number of benzene rings is 1. The number of carboxylic acid groups (broad SMARTS) is 1. The summed E-state index contributed by atoms with van der Waals surface area (Å²) >= 11 is 0. The molecule has 1 aromatic rings. The lowest BCUT2D eigenvalue weighted by atomic mass is 9.96. The van der Waals surface area contributed by atoms with Crippen LogP contribution in [0.4, 0.5) is 18.9 Å². The van der Waals surface area contributed by atoms with E-state index in [1.807, 2.05) is 96.0 Å². The molecule has 0 aromatic heterocycles. The van der Waals surface area contributed by atoms with E-state index in [1.165, 1.54) is 0 Å². The number of nitrogens with zero attached hydrogens (tertiary/aromatic N) is 2. The number of rotatable bonds is 7. The lowest BCUT2D eigenvalue weighted by molar-refractivity contribution is -0.344. The first-order valence-corrected chi connectivity index (χ1v) is 13.0. The largest absolute Gasteiger partial charge is 0.542 e. The first kappa shape index (κ1) is 30.4. The van der Waals surface area contributed by atoms with E-state index < -0.39 is 25.4 Å². The number of likely N-dealkylation sites (N-methyl/N-ethyl adjacent to an activating group) is 1. The average molecular weight is 545 g/mol. The van der Waals surface area contributed by atoms with Gasteiger partial charge in [-0.15, -0.1) is 0 Å². The number of anilines is 1. The molecule has 12 heteroatoms. The van der Waals surface area contributed by atoms with Gasteiger partial charge in [-0.1, -0.05) is 6.07 Å². The van der Waals surface area contributed by atoms with Crippen LogP contribution in [0, 0.1) is 6.08 Å². The van der Waals surface area contributed by atoms with Crippen molar-refractivity contribution in [3.05, 3.63) is 59.0 Å². The Hall–Kier alpha value is -2.84. The van der Waals surface area contributed by atoms with Gasteiger partial charge in [-0.3, -0.25) is 4.57 Å². The molecule has 0 bridgehead atoms. The summed E-state index contributed by atoms with van der Waals surface area (Å²) in [6.45, 7) is 7.47. The van der Waals surface area contributed by atoms with E-state index >= 15 is 0 Å². The third kappa shape index (κ3) is 7.58. The van der Waals surface area contributed by atoms with E-state index in [-0.39, 0.29) is 12.2 Å². The topological polar surface area (TPSA) is 91.4 Å². The van der Waals surface area contributed by atoms with Crippen LogP contribution in [0.3, 0.4) is 0 Å². The molecule has 0 fully saturated rings. The van der Waals surface area contributed by atoms with Crippen molar-refractivity contribution in [3.8, 4) is 5.75 Å². The third-order valence-electron chi connectivity index (χ3n) is 5.00. The number of halogens is 3. The molecule has 37 heavy (non-hydrogen) atoms. The predicted octanol–water partition coefficient (Wildman–Crippen LogP) is 4.60. The summed E-state index contributed by atoms with van der Waals surface area (Å²) in [5.74, 6) is -1.73. The number of ether oxygens (including phenoxy) is 1. The summed E-state index contributed by atoms with van der Waals surface area (Å²) in [6, 6.07) is 5.90. The molecule has 1 aliphatic heterocycles. The fourth-order valence-electron chi connectivity index (χ4n) is 3.49. The fourth-order valence-corrected chi connectivity index (χ4v) is 6.03. The number of carbonyl (C=O) groups excluding carboxylic acids is 1. The van der Waals surface area contributed by atoms with Crippen molar-refractivity contribution in [3.63, 3.8) is 0 Å². The Labute approximate surface area is 215 Å². The molecule has 1 atom stereocenters. The number of fused-ring (bicyclic) bond motifs is 1. The van der Waals surface area contributed by atoms with Crippen molar-refractivity contribution in [2.45, 2.75) is 51.7 Å². The maximum atomic E-state index is 14.2. The Balaban J connectivity index is 0.000000604. The Morgan fingerprint density at radius 3 is 2.05 bits per heavy atom. The van der Waals surface area contributed by atoms with Crippen LogP contribution < -0.4 is 14.7 Å². The second-order valence-electron chi connectivity index (χ2n) is 9.28. The summed E-state index contributed by atoms with van der Waals surface area (Å²) in [5, 5.41) is 8.78. The lowest BCUT2D eigenvalue weighted by Crippen LogP contribution is -2.37. The SMILES string of the molecule is CC(C)OP(=O)(OC(C)C)C1C2=C(C=C(N(C)C)C=[C+]2)Oc2cc(N(C)C)ccc21.O=C([O-])C(F)(F)F. The number of carboxylic acids is 1. The van der Waals surface area contributed by atoms with Crippen molar-refractivity contribution in [2.24, 2.45) is 0 Å². The molecule has 1 unspecified atom stereocenters. The number of hydrogen-bond donors (Lipinski definition) is 0. The molecule has 1 aliphatic carbocycles. The minimum atomic E-state index is -5.19. The number of carbonyl (C=O) groups is 1. The number of hydrogen-bond acceptors (Lipinski definition) is 8. The maximum Gasteiger partial charge on any atom is 0.430 e. The van der Waals surface area contributed by atoms with Crippen LogP contribution in [0.15, 0.2) is 47.4 Å². The van der Waals surface area contributed by atoms with Crippen LogP contribution in [0.5, 0.6) is 5.75 Å². The molecule has 0 amide bonds. The summed E-state index contributed by atoms with van der Waals surface area (Å²) in [5.41, 5.74) is 2.80. The van der Waals surface area contributed by atoms with Gasteiger partial charge in [0, 0.05) is 45.5 Å². The van der Waals surface area contributed by atoms with Crippen LogP contribution in [-0.4, -0.2) is 57.4 Å². The van der Waals surface area contributed by atoms with Gasteiger partial charge >= 0.3 is 13.8 Å². The van der Waals surface area contributed by atoms with Gasteiger partial charge in [0.25, 0.3) is 0 Å². The monoisotopic (exact) mass is 544 g/mol. The Morgan fingerprint density at radius 1 is 1.08 bits per heavy atom. The van der Waals surface area contributed by atoms with Gasteiger partial charge < -0.3 is 33.5 Å². The number of aliphatic carboxylic acids is 1. The first-order valence-electron chi connectivity index (χ1n) is 11.4. The van der Waals surface area contributed by atoms with Gasteiger partial charge in [0.2, 0.25) is 5.76 Å². The zero-order valence-corrected chi connectivity index (χ0v) is 22.9. The van der Waals surface area contributed by atoms with E-state index in [0.717, 1.165) is 16.9 Å². The zero-order chi connectivity index (χ0) is 28.3. The van der Waals surface area contributed by atoms with Gasteiger partial charge in [-0.05, 0) is 33.8 Å². The van der Waals surface area contributed by atoms with Crippen molar-refractivity contribution >= 4 is 19.3 Å². The molecular formula is C25H32F3N2O6P. The molecule has 1 heterocycles. The Morgan fingerprint density at radius 2 is 1.62 bits per heavy atom. The van der Waals surface area contributed by atoms with Crippen LogP contribution in [0.2, 0.25) is 0 Å². The minimum Gasteiger partial charge on any atom is -0.542 e. The quantitative estimate of drug-likeness (QED) is 0.364. The zero-order valence-electron chi connectivity index (χ0n) is 22.0. The molecule has 0 spiro atoms. The van der Waals surface area contributed by atoms with E-state index in [9.17, 15) is 17.7 Å². The maximum absolute atomic E-state index is 14.2. The number of alkyl halides is 3. The van der Waals surface area contributed by atoms with Crippen molar-refractivity contribution < 1.29 is 41.4 Å². The van der Waals surface area contributed by atoms with Gasteiger partial charge in [0.05, 0.1) is 18.3 Å². The van der Waals surface area contributed by atoms with Crippen molar-refractivity contribution in [1.82, 2.24) is 4.90 Å². The molecule has 0 radical (unpaired) electrons. The lowest BCUT2D eigenvalue weighted by Gasteiger charge is -2.32. The third-order valence-corrected chi connectivity index (χ3v) is 7.60. The first-order chi connectivity index (χ1) is 17.0. The Kier molecular flexibility index (Phi) is 9.60. The smallest absolute Gasteiger partial charge is 0.430 e. The molecule has 8 nitrogen and oxygen atoms in total. The summed E-state index contributed by atoms with van der Waals surface area (Å²) < 4.78 is 64.0. The molecule has 2 aliphatic rings. The second-order valence-corrected chi connectivity index (χ2v) is 11.3. The van der Waals surface area contributed by atoms with Crippen molar-refractivity contribution in [2.75, 3.05) is 33.1 Å². The molecular weight excluding hydrogens is 512 g/mol. The van der Waals surface area contributed by atoms with Gasteiger partial charge in [-0.25, -0.2) is 0 Å². The van der Waals surface area contributed by atoms with Crippen molar-refractivity contribution in [1.29, 1.82) is 0 Å². The van der Waals surface area contributed by atoms with Crippen LogP contribution >= 0.6 is 7.60 Å². The van der Waals surface area contributed by atoms with Gasteiger partial charge in [0.15, 0.2) is 22.7 Å². The normalized spacial score (nSPS) is 16.7. The fraction of sp³-hybridized carbons (Fsp3) is 0.480. The predicted molar refractivity (Wildman–Crippen MR) is 132 cm³/mol. The van der Waals surface area contributed by atoms with E-state index in [4.69, 9.17) is 23.7 Å². The highest BCUT2D eigenvalue weighted by Crippen LogP contribution is 2.68. The van der Waals surface area contributed by atoms with Crippen LogP contribution in [-0.2, 0) is 18.4 Å². The molecule has 0 saturated heterocycles. The summed E-state index contributed by atoms with van der Waals surface area (Å²) in [6.07, 6.45) is 1.42. The number of allylic oxidation sites excluding steroid dienone is 4. The van der Waals surface area contributed by atoms with Crippen LogP contribution in [0.1, 0.15) is 38.9 Å². The molecule has 0 N–H and O–H groups in total. The van der Waals surface area contributed by atoms with Gasteiger partial charge in [-0.2, -0.15) is 13.2 Å². The van der Waals surface area contributed by atoms with E-state index in [0.29, 0.717) is 17.1 Å². The highest BCUT2D eigenvalue weighted by molar-refractivity contribution is 7.54. The standard InChI is InChI=1S/C23H32N2O4P.C2HF3O2/c1-15(2)28-30(26,29-16(3)4)23-19-11-9-17(24(5)6)13-21(19)27-22-14-18(25(7)8)10-12-20(22)23;3-2(4,5)1(6)7/h9-11,13-16,23H,1-8H3;(H,6,7)/q+1;/p-1.